The molecule has 0 atom stereocenters. The van der Waals surface area contributed by atoms with E-state index < -0.39 is 0 Å². The van der Waals surface area contributed by atoms with E-state index in [1.807, 2.05) is 17.8 Å². The SMILES string of the molecule is Cn1ccc2c(Cl)c(O)c(O)cc21. The van der Waals surface area contributed by atoms with Gasteiger partial charge in [0.05, 0.1) is 10.5 Å². The second-order valence-electron chi connectivity index (χ2n) is 2.92. The molecule has 0 spiro atoms. The lowest BCUT2D eigenvalue weighted by atomic mass is 10.2. The second kappa shape index (κ2) is 2.57. The number of benzene rings is 1. The maximum Gasteiger partial charge on any atom is 0.177 e. The normalized spacial score (nSPS) is 10.9. The van der Waals surface area contributed by atoms with Crippen LogP contribution < -0.4 is 0 Å². The number of aromatic nitrogens is 1. The zero-order valence-corrected chi connectivity index (χ0v) is 7.71. The number of nitrogens with zero attached hydrogens (tertiary/aromatic N) is 1. The van der Waals surface area contributed by atoms with E-state index >= 15 is 0 Å². The van der Waals surface area contributed by atoms with Crippen LogP contribution in [0.25, 0.3) is 10.9 Å². The molecule has 0 aliphatic heterocycles. The van der Waals surface area contributed by atoms with Crippen molar-refractivity contribution in [3.05, 3.63) is 23.4 Å². The molecule has 0 saturated carbocycles. The van der Waals surface area contributed by atoms with Crippen LogP contribution in [0, 0.1) is 0 Å². The molecular formula is C9H8ClNO2. The van der Waals surface area contributed by atoms with Gasteiger partial charge in [0.2, 0.25) is 0 Å². The van der Waals surface area contributed by atoms with Crippen LogP contribution >= 0.6 is 11.6 Å². The van der Waals surface area contributed by atoms with Crippen molar-refractivity contribution >= 4 is 22.5 Å². The summed E-state index contributed by atoms with van der Waals surface area (Å²) in [7, 11) is 1.84. The molecule has 2 aromatic rings. The number of hydrogen-bond acceptors (Lipinski definition) is 2. The van der Waals surface area contributed by atoms with Gasteiger partial charge in [-0.2, -0.15) is 0 Å². The van der Waals surface area contributed by atoms with E-state index in [9.17, 15) is 10.2 Å². The summed E-state index contributed by atoms with van der Waals surface area (Å²) in [5.74, 6) is -0.459. The van der Waals surface area contributed by atoms with Gasteiger partial charge in [0.15, 0.2) is 11.5 Å². The summed E-state index contributed by atoms with van der Waals surface area (Å²) >= 11 is 5.82. The zero-order chi connectivity index (χ0) is 9.59. The molecule has 13 heavy (non-hydrogen) atoms. The van der Waals surface area contributed by atoms with Crippen LogP contribution in [0.1, 0.15) is 0 Å². The predicted molar refractivity (Wildman–Crippen MR) is 51.3 cm³/mol. The number of fused-ring (bicyclic) bond motifs is 1. The molecule has 0 radical (unpaired) electrons. The van der Waals surface area contributed by atoms with Crippen molar-refractivity contribution in [1.29, 1.82) is 0 Å². The van der Waals surface area contributed by atoms with Crippen molar-refractivity contribution < 1.29 is 10.2 Å². The molecule has 0 bridgehead atoms. The minimum Gasteiger partial charge on any atom is -0.504 e. The molecule has 68 valence electrons. The second-order valence-corrected chi connectivity index (χ2v) is 3.30. The highest BCUT2D eigenvalue weighted by Crippen LogP contribution is 2.39. The lowest BCUT2D eigenvalue weighted by molar-refractivity contribution is 0.405. The minimum atomic E-state index is -0.264. The van der Waals surface area contributed by atoms with Gasteiger partial charge in [-0.25, -0.2) is 0 Å². The van der Waals surface area contributed by atoms with Crippen molar-refractivity contribution in [1.82, 2.24) is 4.57 Å². The molecule has 4 heteroatoms. The van der Waals surface area contributed by atoms with Crippen LogP contribution in [-0.4, -0.2) is 14.8 Å². The van der Waals surface area contributed by atoms with Crippen LogP contribution in [0.2, 0.25) is 5.02 Å². The van der Waals surface area contributed by atoms with Crippen molar-refractivity contribution in [2.24, 2.45) is 7.05 Å². The van der Waals surface area contributed by atoms with Crippen LogP contribution in [0.4, 0.5) is 0 Å². The first-order valence-electron chi connectivity index (χ1n) is 3.76. The van der Waals surface area contributed by atoms with E-state index in [1.54, 1.807) is 6.07 Å². The highest BCUT2D eigenvalue weighted by Gasteiger charge is 2.11. The minimum absolute atomic E-state index is 0.190. The smallest absolute Gasteiger partial charge is 0.177 e. The fourth-order valence-electron chi connectivity index (χ4n) is 1.35. The summed E-state index contributed by atoms with van der Waals surface area (Å²) < 4.78 is 1.82. The Labute approximate surface area is 79.8 Å². The van der Waals surface area contributed by atoms with E-state index in [-0.39, 0.29) is 16.5 Å². The monoisotopic (exact) mass is 197 g/mol. The molecule has 0 amide bonds. The lowest BCUT2D eigenvalue weighted by Gasteiger charge is -2.02. The molecule has 1 aromatic heterocycles. The van der Waals surface area contributed by atoms with Gasteiger partial charge in [0, 0.05) is 24.7 Å². The third-order valence-corrected chi connectivity index (χ3v) is 2.46. The Bertz CT molecular complexity index is 476. The lowest BCUT2D eigenvalue weighted by Crippen LogP contribution is -1.83. The van der Waals surface area contributed by atoms with Gasteiger partial charge < -0.3 is 14.8 Å². The number of hydrogen-bond donors (Lipinski definition) is 2. The van der Waals surface area contributed by atoms with Crippen molar-refractivity contribution in [3.8, 4) is 11.5 Å². The Morgan fingerprint density at radius 2 is 2.08 bits per heavy atom. The number of aromatic hydroxyl groups is 2. The Morgan fingerprint density at radius 3 is 2.77 bits per heavy atom. The molecular weight excluding hydrogens is 190 g/mol. The quantitative estimate of drug-likeness (QED) is 0.637. The van der Waals surface area contributed by atoms with E-state index in [4.69, 9.17) is 11.6 Å². The van der Waals surface area contributed by atoms with Gasteiger partial charge in [0.1, 0.15) is 0 Å². The van der Waals surface area contributed by atoms with Gasteiger partial charge >= 0.3 is 0 Å². The maximum absolute atomic E-state index is 9.32. The molecule has 2 rings (SSSR count). The Morgan fingerprint density at radius 1 is 1.38 bits per heavy atom. The standard InChI is InChI=1S/C9H8ClNO2/c1-11-3-2-5-6(11)4-7(12)9(13)8(5)10/h2-4,12-13H,1H3. The first kappa shape index (κ1) is 8.26. The predicted octanol–water partition coefficient (Wildman–Crippen LogP) is 2.24. The third-order valence-electron chi connectivity index (χ3n) is 2.08. The fraction of sp³-hybridized carbons (Fsp3) is 0.111. The number of aryl methyl sites for hydroxylation is 1. The highest BCUT2D eigenvalue weighted by atomic mass is 35.5. The summed E-state index contributed by atoms with van der Waals surface area (Å²) in [6, 6.07) is 3.27. The van der Waals surface area contributed by atoms with Crippen LogP contribution in [0.15, 0.2) is 18.3 Å². The Balaban J connectivity index is 2.96. The first-order chi connectivity index (χ1) is 6.11. The van der Waals surface area contributed by atoms with Crippen molar-refractivity contribution in [2.75, 3.05) is 0 Å². The molecule has 1 heterocycles. The van der Waals surface area contributed by atoms with Crippen LogP contribution in [-0.2, 0) is 7.05 Å². The average molecular weight is 198 g/mol. The third kappa shape index (κ3) is 1.04. The summed E-state index contributed by atoms with van der Waals surface area (Å²) in [6.45, 7) is 0. The summed E-state index contributed by atoms with van der Waals surface area (Å²) in [6.07, 6.45) is 1.81. The van der Waals surface area contributed by atoms with Gasteiger partial charge in [-0.1, -0.05) is 11.6 Å². The molecule has 2 N–H and O–H groups in total. The topological polar surface area (TPSA) is 45.4 Å². The zero-order valence-electron chi connectivity index (χ0n) is 6.95. The van der Waals surface area contributed by atoms with E-state index in [1.165, 1.54) is 6.07 Å². The Kier molecular flexibility index (Phi) is 1.63. The first-order valence-corrected chi connectivity index (χ1v) is 4.14. The average Bonchev–Trinajstić information content (AvgIpc) is 2.45. The molecule has 0 fully saturated rings. The molecule has 3 nitrogen and oxygen atoms in total. The summed E-state index contributed by atoms with van der Waals surface area (Å²) in [5.41, 5.74) is 0.792. The fourth-order valence-corrected chi connectivity index (χ4v) is 1.60. The molecule has 0 saturated heterocycles. The van der Waals surface area contributed by atoms with E-state index in [2.05, 4.69) is 0 Å². The number of phenolic OH excluding ortho intramolecular Hbond substituents is 2. The number of halogens is 1. The summed E-state index contributed by atoms with van der Waals surface area (Å²) in [4.78, 5) is 0. The van der Waals surface area contributed by atoms with Crippen molar-refractivity contribution in [3.63, 3.8) is 0 Å². The summed E-state index contributed by atoms with van der Waals surface area (Å²) in [5, 5.41) is 19.5. The van der Waals surface area contributed by atoms with Crippen LogP contribution in [0.3, 0.4) is 0 Å². The van der Waals surface area contributed by atoms with Crippen molar-refractivity contribution in [2.45, 2.75) is 0 Å². The molecule has 0 unspecified atom stereocenters. The van der Waals surface area contributed by atoms with E-state index in [0.29, 0.717) is 0 Å². The number of phenols is 2. The molecule has 1 aromatic carbocycles. The molecule has 0 aliphatic carbocycles. The van der Waals surface area contributed by atoms with Gasteiger partial charge in [-0.15, -0.1) is 0 Å². The maximum atomic E-state index is 9.32. The Hall–Kier alpha value is -1.35. The van der Waals surface area contributed by atoms with Gasteiger partial charge in [-0.3, -0.25) is 0 Å². The molecule has 0 aliphatic rings. The largest absolute Gasteiger partial charge is 0.504 e. The van der Waals surface area contributed by atoms with E-state index in [0.717, 1.165) is 10.9 Å². The highest BCUT2D eigenvalue weighted by molar-refractivity contribution is 6.37. The van der Waals surface area contributed by atoms with Crippen LogP contribution in [0.5, 0.6) is 11.5 Å². The number of rotatable bonds is 0. The van der Waals surface area contributed by atoms with Gasteiger partial charge in [0.25, 0.3) is 0 Å². The van der Waals surface area contributed by atoms with Gasteiger partial charge in [-0.05, 0) is 6.07 Å².